The molecule has 7 nitrogen and oxygen atoms in total. The van der Waals surface area contributed by atoms with Crippen LogP contribution in [0.4, 0.5) is 5.69 Å². The van der Waals surface area contributed by atoms with Gasteiger partial charge in [-0.15, -0.1) is 0 Å². The van der Waals surface area contributed by atoms with E-state index in [2.05, 4.69) is 21.2 Å². The lowest BCUT2D eigenvalue weighted by atomic mass is 9.95. The molecule has 10 heteroatoms. The van der Waals surface area contributed by atoms with Crippen LogP contribution in [0.25, 0.3) is 0 Å². The SMILES string of the molecule is C[C@@H](C(=O)NC1CCCCC1)N(Cc1cccc(Br)c1)C(=O)CN(c1ccc(Cl)cc1)S(C)(=O)=O. The Hall–Kier alpha value is -2.10. The van der Waals surface area contributed by atoms with Gasteiger partial charge in [0.2, 0.25) is 21.8 Å². The third-order valence-corrected chi connectivity index (χ3v) is 8.04. The first-order valence-corrected chi connectivity index (χ1v) is 14.6. The number of nitrogens with one attached hydrogen (secondary N) is 1. The van der Waals surface area contributed by atoms with Crippen molar-refractivity contribution < 1.29 is 18.0 Å². The zero-order valence-corrected chi connectivity index (χ0v) is 23.1. The molecule has 0 aromatic heterocycles. The average molecular weight is 585 g/mol. The first-order chi connectivity index (χ1) is 16.5. The van der Waals surface area contributed by atoms with Crippen LogP contribution < -0.4 is 9.62 Å². The number of sulfonamides is 1. The van der Waals surface area contributed by atoms with Crippen LogP contribution in [0.5, 0.6) is 0 Å². The number of carbonyl (C=O) groups is 2. The zero-order valence-electron chi connectivity index (χ0n) is 19.9. The second kappa shape index (κ2) is 12.2. The molecule has 1 aliphatic rings. The normalized spacial score (nSPS) is 15.3. The number of amides is 2. The molecule has 0 radical (unpaired) electrons. The fraction of sp³-hybridized carbons (Fsp3) is 0.440. The third kappa shape index (κ3) is 7.95. The van der Waals surface area contributed by atoms with Gasteiger partial charge in [-0.25, -0.2) is 8.42 Å². The maximum absolute atomic E-state index is 13.6. The van der Waals surface area contributed by atoms with Gasteiger partial charge in [-0.3, -0.25) is 13.9 Å². The molecule has 0 bridgehead atoms. The number of carbonyl (C=O) groups excluding carboxylic acids is 2. The molecule has 35 heavy (non-hydrogen) atoms. The van der Waals surface area contributed by atoms with Gasteiger partial charge in [0.15, 0.2) is 0 Å². The van der Waals surface area contributed by atoms with E-state index in [-0.39, 0.29) is 18.5 Å². The van der Waals surface area contributed by atoms with Crippen molar-refractivity contribution in [3.8, 4) is 0 Å². The van der Waals surface area contributed by atoms with Gasteiger partial charge in [0, 0.05) is 22.1 Å². The number of hydrogen-bond donors (Lipinski definition) is 1. The van der Waals surface area contributed by atoms with Gasteiger partial charge >= 0.3 is 0 Å². The Balaban J connectivity index is 1.86. The van der Waals surface area contributed by atoms with Gasteiger partial charge in [-0.2, -0.15) is 0 Å². The summed E-state index contributed by atoms with van der Waals surface area (Å²) in [4.78, 5) is 28.2. The Morgan fingerprint density at radius 2 is 1.77 bits per heavy atom. The molecule has 0 saturated heterocycles. The van der Waals surface area contributed by atoms with Crippen molar-refractivity contribution in [1.29, 1.82) is 0 Å². The molecule has 1 N–H and O–H groups in total. The van der Waals surface area contributed by atoms with Gasteiger partial charge in [0.25, 0.3) is 0 Å². The van der Waals surface area contributed by atoms with E-state index in [1.807, 2.05) is 24.3 Å². The Labute approximate surface area is 221 Å². The van der Waals surface area contributed by atoms with Gasteiger partial charge in [-0.05, 0) is 61.7 Å². The zero-order chi connectivity index (χ0) is 25.6. The summed E-state index contributed by atoms with van der Waals surface area (Å²) >= 11 is 9.40. The van der Waals surface area contributed by atoms with E-state index in [9.17, 15) is 18.0 Å². The van der Waals surface area contributed by atoms with E-state index in [1.54, 1.807) is 31.2 Å². The highest BCUT2D eigenvalue weighted by molar-refractivity contribution is 9.10. The van der Waals surface area contributed by atoms with Crippen molar-refractivity contribution >= 4 is 55.1 Å². The lowest BCUT2D eigenvalue weighted by Crippen LogP contribution is -2.52. The first-order valence-electron chi connectivity index (χ1n) is 11.6. The Bertz CT molecular complexity index is 1140. The van der Waals surface area contributed by atoms with Gasteiger partial charge in [0.1, 0.15) is 12.6 Å². The third-order valence-electron chi connectivity index (χ3n) is 6.15. The van der Waals surface area contributed by atoms with Crippen molar-refractivity contribution in [2.75, 3.05) is 17.1 Å². The summed E-state index contributed by atoms with van der Waals surface area (Å²) in [6, 6.07) is 13.0. The smallest absolute Gasteiger partial charge is 0.244 e. The molecule has 1 fully saturated rings. The van der Waals surface area contributed by atoms with Crippen molar-refractivity contribution in [2.24, 2.45) is 0 Å². The van der Waals surface area contributed by atoms with Crippen LogP contribution in [0.2, 0.25) is 5.02 Å². The number of nitrogens with zero attached hydrogens (tertiary/aromatic N) is 2. The molecule has 0 spiro atoms. The Kier molecular flexibility index (Phi) is 9.61. The Morgan fingerprint density at radius 3 is 2.37 bits per heavy atom. The van der Waals surface area contributed by atoms with Crippen molar-refractivity contribution in [2.45, 2.75) is 57.7 Å². The molecular weight excluding hydrogens is 554 g/mol. The highest BCUT2D eigenvalue weighted by atomic mass is 79.9. The largest absolute Gasteiger partial charge is 0.352 e. The molecule has 190 valence electrons. The summed E-state index contributed by atoms with van der Waals surface area (Å²) in [5.41, 5.74) is 1.15. The predicted octanol–water partition coefficient (Wildman–Crippen LogP) is 4.73. The maximum Gasteiger partial charge on any atom is 0.244 e. The number of hydrogen-bond acceptors (Lipinski definition) is 4. The molecule has 0 heterocycles. The first kappa shape index (κ1) is 27.5. The number of halogens is 2. The van der Waals surface area contributed by atoms with E-state index in [1.165, 1.54) is 11.3 Å². The minimum atomic E-state index is -3.77. The number of rotatable bonds is 9. The summed E-state index contributed by atoms with van der Waals surface area (Å²) in [6.45, 7) is 1.41. The molecule has 0 aliphatic heterocycles. The lowest BCUT2D eigenvalue weighted by Gasteiger charge is -2.33. The quantitative estimate of drug-likeness (QED) is 0.462. The van der Waals surface area contributed by atoms with Crippen molar-refractivity contribution in [3.05, 3.63) is 63.6 Å². The lowest BCUT2D eigenvalue weighted by molar-refractivity contribution is -0.139. The van der Waals surface area contributed by atoms with E-state index < -0.39 is 28.5 Å². The summed E-state index contributed by atoms with van der Waals surface area (Å²) in [7, 11) is -3.77. The van der Waals surface area contributed by atoms with Crippen molar-refractivity contribution in [1.82, 2.24) is 10.2 Å². The predicted molar refractivity (Wildman–Crippen MR) is 143 cm³/mol. The minimum absolute atomic E-state index is 0.100. The molecule has 1 saturated carbocycles. The fourth-order valence-electron chi connectivity index (χ4n) is 4.20. The van der Waals surface area contributed by atoms with Crippen molar-refractivity contribution in [3.63, 3.8) is 0 Å². The maximum atomic E-state index is 13.6. The molecule has 2 aromatic rings. The molecule has 3 rings (SSSR count). The van der Waals surface area contributed by atoms with Crippen LogP contribution in [-0.4, -0.2) is 50.0 Å². The highest BCUT2D eigenvalue weighted by Crippen LogP contribution is 2.22. The number of benzene rings is 2. The molecule has 2 aromatic carbocycles. The van der Waals surface area contributed by atoms with E-state index in [0.717, 1.165) is 46.3 Å². The standard InChI is InChI=1S/C25H31BrClN3O4S/c1-18(25(32)28-22-9-4-3-5-10-22)29(16-19-7-6-8-20(26)15-19)24(31)17-30(35(2,33)34)23-13-11-21(27)12-14-23/h6-8,11-15,18,22H,3-5,9-10,16-17H2,1-2H3,(H,28,32)/t18-/m0/s1. The number of anilines is 1. The summed E-state index contributed by atoms with van der Waals surface area (Å²) in [5, 5.41) is 3.54. The molecular formula is C25H31BrClN3O4S. The highest BCUT2D eigenvalue weighted by Gasteiger charge is 2.31. The average Bonchev–Trinajstić information content (AvgIpc) is 2.81. The second-order valence-electron chi connectivity index (χ2n) is 8.92. The van der Waals surface area contributed by atoms with Crippen LogP contribution in [0.3, 0.4) is 0 Å². The van der Waals surface area contributed by atoms with Gasteiger partial charge in [-0.1, -0.05) is 58.9 Å². The van der Waals surface area contributed by atoms with Gasteiger partial charge in [0.05, 0.1) is 11.9 Å². The minimum Gasteiger partial charge on any atom is -0.352 e. The summed E-state index contributed by atoms with van der Waals surface area (Å²) < 4.78 is 27.0. The van der Waals surface area contributed by atoms with Crippen LogP contribution in [0.1, 0.15) is 44.6 Å². The molecule has 2 amide bonds. The van der Waals surface area contributed by atoms with E-state index in [0.29, 0.717) is 10.7 Å². The monoisotopic (exact) mass is 583 g/mol. The van der Waals surface area contributed by atoms with E-state index in [4.69, 9.17) is 11.6 Å². The second-order valence-corrected chi connectivity index (χ2v) is 12.2. The summed E-state index contributed by atoms with van der Waals surface area (Å²) in [6.07, 6.45) is 6.22. The van der Waals surface area contributed by atoms with Crippen LogP contribution in [0.15, 0.2) is 53.0 Å². The molecule has 0 unspecified atom stereocenters. The van der Waals surface area contributed by atoms with Crippen LogP contribution in [-0.2, 0) is 26.2 Å². The molecule has 1 aliphatic carbocycles. The van der Waals surface area contributed by atoms with Gasteiger partial charge < -0.3 is 10.2 Å². The van der Waals surface area contributed by atoms with E-state index >= 15 is 0 Å². The topological polar surface area (TPSA) is 86.8 Å². The fourth-order valence-corrected chi connectivity index (χ4v) is 5.63. The van der Waals surface area contributed by atoms with Crippen LogP contribution >= 0.6 is 27.5 Å². The Morgan fingerprint density at radius 1 is 1.11 bits per heavy atom. The molecule has 1 atom stereocenters. The van der Waals surface area contributed by atoms with Crippen LogP contribution in [0, 0.1) is 0 Å². The summed E-state index contributed by atoms with van der Waals surface area (Å²) in [5.74, 6) is -0.714.